The third kappa shape index (κ3) is 6.72. The third-order valence-corrected chi connectivity index (χ3v) is 3.33. The highest BCUT2D eigenvalue weighted by molar-refractivity contribution is 9.10. The number of rotatable bonds is 8. The highest BCUT2D eigenvalue weighted by atomic mass is 79.9. The lowest BCUT2D eigenvalue weighted by Gasteiger charge is -2.07. The maximum Gasteiger partial charge on any atom is 0.278 e. The molecule has 2 N–H and O–H groups in total. The predicted molar refractivity (Wildman–Crippen MR) is 101 cm³/mol. The second-order valence-electron chi connectivity index (χ2n) is 4.98. The summed E-state index contributed by atoms with van der Waals surface area (Å²) in [5, 5.41) is 6.86. The van der Waals surface area contributed by atoms with E-state index in [1.807, 2.05) is 31.2 Å². The van der Waals surface area contributed by atoms with E-state index in [2.05, 4.69) is 48.3 Å². The molecule has 1 aromatic heterocycles. The fourth-order valence-electron chi connectivity index (χ4n) is 1.79. The average Bonchev–Trinajstić information content (AvgIpc) is 2.58. The van der Waals surface area contributed by atoms with E-state index >= 15 is 0 Å². The molecule has 2 rings (SSSR count). The Morgan fingerprint density at radius 3 is 3.00 bits per heavy atom. The molecule has 0 fully saturated rings. The SMILES string of the molecule is C=CCNc1nc(C)cc(OCC(=O)NN=Cc2cccc(Br)c2)n1. The van der Waals surface area contributed by atoms with Gasteiger partial charge in [0.05, 0.1) is 6.21 Å². The molecule has 0 bridgehead atoms. The van der Waals surface area contributed by atoms with Crippen LogP contribution in [0.1, 0.15) is 11.3 Å². The number of benzene rings is 1. The first-order valence-electron chi connectivity index (χ1n) is 7.47. The van der Waals surface area contributed by atoms with E-state index in [4.69, 9.17) is 4.74 Å². The summed E-state index contributed by atoms with van der Waals surface area (Å²) >= 11 is 3.37. The number of amides is 1. The zero-order valence-electron chi connectivity index (χ0n) is 13.7. The molecule has 0 unspecified atom stereocenters. The third-order valence-electron chi connectivity index (χ3n) is 2.84. The van der Waals surface area contributed by atoms with Crippen LogP contribution in [0.4, 0.5) is 5.95 Å². The van der Waals surface area contributed by atoms with Crippen LogP contribution in [-0.2, 0) is 4.79 Å². The summed E-state index contributed by atoms with van der Waals surface area (Å²) in [4.78, 5) is 20.2. The number of nitrogens with one attached hydrogen (secondary N) is 2. The minimum Gasteiger partial charge on any atom is -0.467 e. The van der Waals surface area contributed by atoms with Gasteiger partial charge >= 0.3 is 0 Å². The van der Waals surface area contributed by atoms with Crippen LogP contribution in [0.5, 0.6) is 5.88 Å². The van der Waals surface area contributed by atoms with Gasteiger partial charge in [-0.25, -0.2) is 10.4 Å². The lowest BCUT2D eigenvalue weighted by Crippen LogP contribution is -2.25. The van der Waals surface area contributed by atoms with E-state index in [0.29, 0.717) is 18.4 Å². The number of carbonyl (C=O) groups is 1. The van der Waals surface area contributed by atoms with Crippen molar-refractivity contribution in [3.8, 4) is 5.88 Å². The highest BCUT2D eigenvalue weighted by Gasteiger charge is 2.06. The maximum absolute atomic E-state index is 11.8. The van der Waals surface area contributed by atoms with E-state index in [-0.39, 0.29) is 12.5 Å². The number of aromatic nitrogens is 2. The summed E-state index contributed by atoms with van der Waals surface area (Å²) in [5.74, 6) is 0.344. The molecule has 0 atom stereocenters. The van der Waals surface area contributed by atoms with Crippen LogP contribution in [0.25, 0.3) is 0 Å². The molecule has 130 valence electrons. The van der Waals surface area contributed by atoms with Gasteiger partial charge in [-0.05, 0) is 24.6 Å². The van der Waals surface area contributed by atoms with Gasteiger partial charge in [0.1, 0.15) is 0 Å². The topological polar surface area (TPSA) is 88.5 Å². The molecule has 1 heterocycles. The van der Waals surface area contributed by atoms with Gasteiger partial charge in [0.15, 0.2) is 6.61 Å². The number of carbonyl (C=O) groups excluding carboxylic acids is 1. The summed E-state index contributed by atoms with van der Waals surface area (Å²) in [6.07, 6.45) is 3.25. The molecule has 25 heavy (non-hydrogen) atoms. The van der Waals surface area contributed by atoms with Gasteiger partial charge in [0, 0.05) is 22.8 Å². The van der Waals surface area contributed by atoms with Crippen LogP contribution >= 0.6 is 15.9 Å². The molecule has 0 aliphatic carbocycles. The van der Waals surface area contributed by atoms with Crippen LogP contribution in [0.3, 0.4) is 0 Å². The second-order valence-corrected chi connectivity index (χ2v) is 5.89. The Kier molecular flexibility index (Phi) is 7.09. The van der Waals surface area contributed by atoms with E-state index in [0.717, 1.165) is 15.7 Å². The molecule has 8 heteroatoms. The Labute approximate surface area is 154 Å². The molecular formula is C17H18BrN5O2. The van der Waals surface area contributed by atoms with E-state index in [1.165, 1.54) is 0 Å². The van der Waals surface area contributed by atoms with Crippen molar-refractivity contribution in [2.24, 2.45) is 5.10 Å². The van der Waals surface area contributed by atoms with Crippen LogP contribution < -0.4 is 15.5 Å². The highest BCUT2D eigenvalue weighted by Crippen LogP contribution is 2.12. The summed E-state index contributed by atoms with van der Waals surface area (Å²) in [5.41, 5.74) is 3.99. The molecule has 0 aliphatic rings. The van der Waals surface area contributed by atoms with Gasteiger partial charge in [0.25, 0.3) is 5.91 Å². The van der Waals surface area contributed by atoms with Crippen molar-refractivity contribution in [3.05, 3.63) is 58.7 Å². The largest absolute Gasteiger partial charge is 0.467 e. The molecule has 1 amide bonds. The number of aryl methyl sites for hydroxylation is 1. The monoisotopic (exact) mass is 403 g/mol. The Morgan fingerprint density at radius 2 is 2.24 bits per heavy atom. The van der Waals surface area contributed by atoms with Crippen LogP contribution in [-0.4, -0.2) is 35.2 Å². The number of ether oxygens (including phenoxy) is 1. The molecular weight excluding hydrogens is 386 g/mol. The lowest BCUT2D eigenvalue weighted by atomic mass is 10.2. The number of halogens is 1. The van der Waals surface area contributed by atoms with Crippen molar-refractivity contribution in [3.63, 3.8) is 0 Å². The molecule has 0 radical (unpaired) electrons. The molecule has 7 nitrogen and oxygen atoms in total. The van der Waals surface area contributed by atoms with Crippen molar-refractivity contribution < 1.29 is 9.53 Å². The van der Waals surface area contributed by atoms with E-state index in [9.17, 15) is 4.79 Å². The summed E-state index contributed by atoms with van der Waals surface area (Å²) in [7, 11) is 0. The number of hydrogen-bond acceptors (Lipinski definition) is 6. The smallest absolute Gasteiger partial charge is 0.278 e. The zero-order valence-corrected chi connectivity index (χ0v) is 15.3. The molecule has 0 spiro atoms. The Hall–Kier alpha value is -2.74. The number of anilines is 1. The normalized spacial score (nSPS) is 10.5. The van der Waals surface area contributed by atoms with Gasteiger partial charge in [0.2, 0.25) is 11.8 Å². The van der Waals surface area contributed by atoms with Crippen molar-refractivity contribution in [1.29, 1.82) is 0 Å². The first-order valence-corrected chi connectivity index (χ1v) is 8.27. The van der Waals surface area contributed by atoms with E-state index in [1.54, 1.807) is 18.4 Å². The van der Waals surface area contributed by atoms with Gasteiger partial charge in [-0.3, -0.25) is 4.79 Å². The first-order chi connectivity index (χ1) is 12.1. The van der Waals surface area contributed by atoms with Gasteiger partial charge < -0.3 is 10.1 Å². The second kappa shape index (κ2) is 9.53. The number of nitrogens with zero attached hydrogens (tertiary/aromatic N) is 3. The van der Waals surface area contributed by atoms with Gasteiger partial charge in [-0.2, -0.15) is 10.1 Å². The lowest BCUT2D eigenvalue weighted by molar-refractivity contribution is -0.123. The molecule has 0 aliphatic heterocycles. The van der Waals surface area contributed by atoms with E-state index < -0.39 is 0 Å². The van der Waals surface area contributed by atoms with Crippen molar-refractivity contribution in [2.75, 3.05) is 18.5 Å². The number of hydrazone groups is 1. The van der Waals surface area contributed by atoms with Crippen LogP contribution in [0, 0.1) is 6.92 Å². The molecule has 0 saturated carbocycles. The minimum absolute atomic E-state index is 0.201. The molecule has 1 aromatic carbocycles. The zero-order chi connectivity index (χ0) is 18.1. The standard InChI is InChI=1S/C17H18BrN5O2/c1-3-7-19-17-21-12(2)8-16(22-17)25-11-15(24)23-20-10-13-5-4-6-14(18)9-13/h3-6,8-10H,1,7,11H2,2H3,(H,23,24)(H,19,21,22). The van der Waals surface area contributed by atoms with Crippen molar-refractivity contribution in [2.45, 2.75) is 6.92 Å². The summed E-state index contributed by atoms with van der Waals surface area (Å²) < 4.78 is 6.32. The Balaban J connectivity index is 1.85. The van der Waals surface area contributed by atoms with Crippen LogP contribution in [0.15, 0.2) is 52.6 Å². The van der Waals surface area contributed by atoms with Gasteiger partial charge in [-0.15, -0.1) is 6.58 Å². The van der Waals surface area contributed by atoms with Crippen LogP contribution in [0.2, 0.25) is 0 Å². The maximum atomic E-state index is 11.8. The predicted octanol–water partition coefficient (Wildman–Crippen LogP) is 2.67. The van der Waals surface area contributed by atoms with Gasteiger partial charge in [-0.1, -0.05) is 34.1 Å². The Morgan fingerprint density at radius 1 is 1.40 bits per heavy atom. The fourth-order valence-corrected chi connectivity index (χ4v) is 2.21. The first kappa shape index (κ1) is 18.6. The molecule has 2 aromatic rings. The fraction of sp³-hybridized carbons (Fsp3) is 0.176. The molecule has 0 saturated heterocycles. The summed E-state index contributed by atoms with van der Waals surface area (Å²) in [6.45, 7) is 5.77. The Bertz CT molecular complexity index is 779. The van der Waals surface area contributed by atoms with Crippen molar-refractivity contribution in [1.82, 2.24) is 15.4 Å². The number of hydrogen-bond donors (Lipinski definition) is 2. The average molecular weight is 404 g/mol. The minimum atomic E-state index is -0.386. The van der Waals surface area contributed by atoms with Crippen molar-refractivity contribution >= 4 is 34.0 Å². The quantitative estimate of drug-likeness (QED) is 0.401. The summed E-state index contributed by atoms with van der Waals surface area (Å²) in [6, 6.07) is 9.19.